The average Bonchev–Trinajstić information content (AvgIpc) is 2.76. The van der Waals surface area contributed by atoms with Crippen molar-refractivity contribution in [2.45, 2.75) is 52.4 Å². The Bertz CT molecular complexity index is 723. The standard InChI is InChI=1S/C21H29N3O3/c1-15(2)12-13-23-18-11-7-6-10-17(18)20(16-8-4-3-5-9-16)22-24(21(23)27)14-19(25)26/h6-7,10-11,15-16H,3-5,8-9,12-14H2,1-2H3,(H,25,26). The van der Waals surface area contributed by atoms with Crippen molar-refractivity contribution >= 4 is 23.4 Å². The van der Waals surface area contributed by atoms with Crippen LogP contribution >= 0.6 is 0 Å². The van der Waals surface area contributed by atoms with Gasteiger partial charge in [-0.15, -0.1) is 0 Å². The molecule has 6 nitrogen and oxygen atoms in total. The van der Waals surface area contributed by atoms with Gasteiger partial charge in [0.05, 0.1) is 11.4 Å². The SMILES string of the molecule is CC(C)CCN1C(=O)N(CC(=O)O)N=C(C2CCCCC2)c2ccccc21. The summed E-state index contributed by atoms with van der Waals surface area (Å²) in [6.07, 6.45) is 6.44. The molecule has 1 saturated carbocycles. The Kier molecular flexibility index (Phi) is 6.14. The molecule has 0 saturated heterocycles. The molecule has 1 fully saturated rings. The lowest BCUT2D eigenvalue weighted by Gasteiger charge is -2.26. The van der Waals surface area contributed by atoms with Crippen LogP contribution in [0.2, 0.25) is 0 Å². The Labute approximate surface area is 160 Å². The molecule has 146 valence electrons. The smallest absolute Gasteiger partial charge is 0.345 e. The number of hydrogen-bond acceptors (Lipinski definition) is 3. The van der Waals surface area contributed by atoms with Gasteiger partial charge in [0.15, 0.2) is 0 Å². The number of benzene rings is 1. The first kappa shape index (κ1) is 19.4. The van der Waals surface area contributed by atoms with Gasteiger partial charge in [0, 0.05) is 18.0 Å². The predicted molar refractivity (Wildman–Crippen MR) is 106 cm³/mol. The molecule has 1 aromatic rings. The van der Waals surface area contributed by atoms with Crippen LogP contribution in [0.1, 0.15) is 57.9 Å². The molecule has 1 aliphatic heterocycles. The normalized spacial score (nSPS) is 18.3. The second-order valence-electron chi connectivity index (χ2n) is 7.91. The van der Waals surface area contributed by atoms with E-state index in [2.05, 4.69) is 18.9 Å². The molecule has 0 bridgehead atoms. The summed E-state index contributed by atoms with van der Waals surface area (Å²) in [5.74, 6) is -0.334. The Hall–Kier alpha value is -2.37. The number of carbonyl (C=O) groups is 2. The van der Waals surface area contributed by atoms with Crippen molar-refractivity contribution in [2.24, 2.45) is 16.9 Å². The van der Waals surface area contributed by atoms with E-state index in [1.807, 2.05) is 24.3 Å². The van der Waals surface area contributed by atoms with Crippen molar-refractivity contribution in [3.63, 3.8) is 0 Å². The molecule has 2 amide bonds. The minimum Gasteiger partial charge on any atom is -0.480 e. The molecule has 0 unspecified atom stereocenters. The van der Waals surface area contributed by atoms with Crippen molar-refractivity contribution in [1.29, 1.82) is 0 Å². The molecule has 3 rings (SSSR count). The van der Waals surface area contributed by atoms with E-state index in [-0.39, 0.29) is 11.9 Å². The number of aliphatic carboxylic acids is 1. The first-order chi connectivity index (χ1) is 13.0. The van der Waals surface area contributed by atoms with Crippen LogP contribution in [0, 0.1) is 11.8 Å². The van der Waals surface area contributed by atoms with Crippen LogP contribution in [0.25, 0.3) is 0 Å². The fourth-order valence-corrected chi connectivity index (χ4v) is 3.91. The van der Waals surface area contributed by atoms with Gasteiger partial charge in [0.1, 0.15) is 6.54 Å². The molecule has 0 spiro atoms. The molecule has 1 heterocycles. The topological polar surface area (TPSA) is 73.2 Å². The highest BCUT2D eigenvalue weighted by molar-refractivity contribution is 6.11. The summed E-state index contributed by atoms with van der Waals surface area (Å²) in [4.78, 5) is 26.2. The molecule has 0 aromatic heterocycles. The number of hydrazone groups is 1. The summed E-state index contributed by atoms with van der Waals surface area (Å²) in [6, 6.07) is 7.52. The van der Waals surface area contributed by atoms with Crippen molar-refractivity contribution in [3.05, 3.63) is 29.8 Å². The number of amides is 2. The Morgan fingerprint density at radius 3 is 2.59 bits per heavy atom. The summed E-state index contributed by atoms with van der Waals surface area (Å²) < 4.78 is 0. The van der Waals surface area contributed by atoms with E-state index in [0.29, 0.717) is 12.5 Å². The molecule has 1 aliphatic carbocycles. The number of hydrogen-bond donors (Lipinski definition) is 1. The maximum Gasteiger partial charge on any atom is 0.345 e. The molecule has 0 atom stereocenters. The quantitative estimate of drug-likeness (QED) is 0.808. The van der Waals surface area contributed by atoms with E-state index < -0.39 is 12.5 Å². The van der Waals surface area contributed by atoms with Crippen LogP contribution in [-0.2, 0) is 4.79 Å². The number of fused-ring (bicyclic) bond motifs is 1. The first-order valence-corrected chi connectivity index (χ1v) is 9.96. The summed E-state index contributed by atoms with van der Waals surface area (Å²) >= 11 is 0. The summed E-state index contributed by atoms with van der Waals surface area (Å²) in [6.45, 7) is 4.37. The zero-order chi connectivity index (χ0) is 19.4. The lowest BCUT2D eigenvalue weighted by molar-refractivity contribution is -0.137. The van der Waals surface area contributed by atoms with E-state index in [1.54, 1.807) is 4.90 Å². The highest BCUT2D eigenvalue weighted by Gasteiger charge is 2.33. The van der Waals surface area contributed by atoms with Crippen molar-refractivity contribution in [1.82, 2.24) is 5.01 Å². The third kappa shape index (κ3) is 4.49. The fourth-order valence-electron chi connectivity index (χ4n) is 3.91. The maximum atomic E-state index is 13.2. The molecule has 1 N–H and O–H groups in total. The van der Waals surface area contributed by atoms with Gasteiger partial charge in [0.2, 0.25) is 0 Å². The minimum atomic E-state index is -1.05. The number of nitrogens with zero attached hydrogens (tertiary/aromatic N) is 3. The zero-order valence-corrected chi connectivity index (χ0v) is 16.2. The zero-order valence-electron chi connectivity index (χ0n) is 16.2. The number of urea groups is 1. The predicted octanol–water partition coefficient (Wildman–Crippen LogP) is 4.34. The van der Waals surface area contributed by atoms with E-state index >= 15 is 0 Å². The van der Waals surface area contributed by atoms with Crippen molar-refractivity contribution in [2.75, 3.05) is 18.0 Å². The summed E-state index contributed by atoms with van der Waals surface area (Å²) in [7, 11) is 0. The molecule has 6 heteroatoms. The Balaban J connectivity index is 2.05. The lowest BCUT2D eigenvalue weighted by Crippen LogP contribution is -2.43. The van der Waals surface area contributed by atoms with Gasteiger partial charge in [0.25, 0.3) is 0 Å². The number of rotatable bonds is 6. The van der Waals surface area contributed by atoms with Gasteiger partial charge in [-0.25, -0.2) is 9.80 Å². The van der Waals surface area contributed by atoms with E-state index in [1.165, 1.54) is 6.42 Å². The fraction of sp³-hybridized carbons (Fsp3) is 0.571. The van der Waals surface area contributed by atoms with Gasteiger partial charge in [-0.3, -0.25) is 9.69 Å². The number of carboxylic acids is 1. The molecule has 27 heavy (non-hydrogen) atoms. The Morgan fingerprint density at radius 1 is 1.22 bits per heavy atom. The summed E-state index contributed by atoms with van der Waals surface area (Å²) in [5, 5.41) is 15.1. The number of carbonyl (C=O) groups excluding carboxylic acids is 1. The number of para-hydroxylation sites is 1. The highest BCUT2D eigenvalue weighted by atomic mass is 16.4. The molecule has 1 aromatic carbocycles. The second kappa shape index (κ2) is 8.55. The third-order valence-corrected chi connectivity index (χ3v) is 5.36. The van der Waals surface area contributed by atoms with Crippen LogP contribution in [-0.4, -0.2) is 40.9 Å². The molecular formula is C21H29N3O3. The monoisotopic (exact) mass is 371 g/mol. The highest BCUT2D eigenvalue weighted by Crippen LogP contribution is 2.34. The van der Waals surface area contributed by atoms with Crippen molar-refractivity contribution in [3.8, 4) is 0 Å². The van der Waals surface area contributed by atoms with Gasteiger partial charge >= 0.3 is 12.0 Å². The molecule has 0 radical (unpaired) electrons. The third-order valence-electron chi connectivity index (χ3n) is 5.36. The van der Waals surface area contributed by atoms with Crippen LogP contribution in [0.15, 0.2) is 29.4 Å². The molecular weight excluding hydrogens is 342 g/mol. The van der Waals surface area contributed by atoms with Gasteiger partial charge in [-0.05, 0) is 31.2 Å². The number of anilines is 1. The first-order valence-electron chi connectivity index (χ1n) is 9.96. The van der Waals surface area contributed by atoms with Gasteiger partial charge < -0.3 is 5.11 Å². The molecule has 2 aliphatic rings. The van der Waals surface area contributed by atoms with Crippen LogP contribution in [0.4, 0.5) is 10.5 Å². The minimum absolute atomic E-state index is 0.272. The van der Waals surface area contributed by atoms with Gasteiger partial charge in [-0.1, -0.05) is 51.3 Å². The average molecular weight is 371 g/mol. The van der Waals surface area contributed by atoms with Gasteiger partial charge in [-0.2, -0.15) is 5.10 Å². The maximum absolute atomic E-state index is 13.2. The van der Waals surface area contributed by atoms with E-state index in [0.717, 1.165) is 54.1 Å². The van der Waals surface area contributed by atoms with Crippen molar-refractivity contribution < 1.29 is 14.7 Å². The number of carboxylic acid groups (broad SMARTS) is 1. The van der Waals surface area contributed by atoms with E-state index in [4.69, 9.17) is 0 Å². The second-order valence-corrected chi connectivity index (χ2v) is 7.91. The lowest BCUT2D eigenvalue weighted by atomic mass is 9.83. The van der Waals surface area contributed by atoms with E-state index in [9.17, 15) is 14.7 Å². The van der Waals surface area contributed by atoms with Crippen LogP contribution < -0.4 is 4.90 Å². The van der Waals surface area contributed by atoms with Crippen LogP contribution in [0.3, 0.4) is 0 Å². The van der Waals surface area contributed by atoms with Crippen LogP contribution in [0.5, 0.6) is 0 Å². The Morgan fingerprint density at radius 2 is 1.93 bits per heavy atom. The largest absolute Gasteiger partial charge is 0.480 e. The summed E-state index contributed by atoms with van der Waals surface area (Å²) in [5.41, 5.74) is 2.68.